The fourth-order valence-corrected chi connectivity index (χ4v) is 5.05. The third-order valence-electron chi connectivity index (χ3n) is 6.48. The minimum absolute atomic E-state index is 0.110. The summed E-state index contributed by atoms with van der Waals surface area (Å²) < 4.78 is 7.83. The van der Waals surface area contributed by atoms with E-state index in [0.717, 1.165) is 38.0 Å². The molecule has 0 radical (unpaired) electrons. The molecule has 7 heteroatoms. The van der Waals surface area contributed by atoms with Crippen LogP contribution in [0.5, 0.6) is 5.75 Å². The second-order valence-corrected chi connectivity index (χ2v) is 8.64. The third-order valence-corrected chi connectivity index (χ3v) is 6.48. The van der Waals surface area contributed by atoms with Crippen LogP contribution in [0.2, 0.25) is 0 Å². The summed E-state index contributed by atoms with van der Waals surface area (Å²) in [6, 6.07) is 16.1. The summed E-state index contributed by atoms with van der Waals surface area (Å²) in [5, 5.41) is 0. The van der Waals surface area contributed by atoms with Crippen molar-refractivity contribution in [2.75, 3.05) is 18.9 Å². The molecule has 4 N–H and O–H groups in total. The summed E-state index contributed by atoms with van der Waals surface area (Å²) in [5.41, 5.74) is 8.88. The summed E-state index contributed by atoms with van der Waals surface area (Å²) >= 11 is 0. The van der Waals surface area contributed by atoms with Crippen molar-refractivity contribution in [3.63, 3.8) is 0 Å². The Hall–Kier alpha value is -3.32. The number of amides is 1. The number of rotatable bonds is 6. The van der Waals surface area contributed by atoms with Gasteiger partial charge in [0.1, 0.15) is 18.2 Å². The summed E-state index contributed by atoms with van der Waals surface area (Å²) in [6.45, 7) is 2.98. The van der Waals surface area contributed by atoms with Crippen LogP contribution in [-0.2, 0) is 6.54 Å². The van der Waals surface area contributed by atoms with Crippen molar-refractivity contribution in [3.8, 4) is 17.0 Å². The average Bonchev–Trinajstić information content (AvgIpc) is 3.29. The average molecular weight is 418 g/mol. The number of carbonyl (C=O) groups excluding carboxylic acids is 1. The number of aromatic nitrogens is 2. The quantitative estimate of drug-likeness (QED) is 0.601. The van der Waals surface area contributed by atoms with E-state index in [4.69, 9.17) is 16.3 Å². The highest BCUT2D eigenvalue weighted by atomic mass is 16.5. The Labute approximate surface area is 181 Å². The van der Waals surface area contributed by atoms with Gasteiger partial charge >= 0.3 is 0 Å². The minimum Gasteiger partial charge on any atom is -0.489 e. The molecule has 1 amide bonds. The molecule has 1 unspecified atom stereocenters. The second kappa shape index (κ2) is 8.07. The van der Waals surface area contributed by atoms with Gasteiger partial charge in [-0.1, -0.05) is 30.3 Å². The molecule has 5 rings (SSSR count). The summed E-state index contributed by atoms with van der Waals surface area (Å²) in [6.07, 6.45) is 5.63. The van der Waals surface area contributed by atoms with E-state index in [1.807, 2.05) is 12.1 Å². The van der Waals surface area contributed by atoms with Gasteiger partial charge in [0.25, 0.3) is 5.91 Å². The number of piperidine rings is 1. The third kappa shape index (κ3) is 4.01. The first-order chi connectivity index (χ1) is 15.1. The molecule has 2 aliphatic rings. The first-order valence-corrected chi connectivity index (χ1v) is 10.7. The van der Waals surface area contributed by atoms with Crippen LogP contribution >= 0.6 is 0 Å². The lowest BCUT2D eigenvalue weighted by molar-refractivity contribution is 0.0303. The smallest absolute Gasteiger partial charge is 0.252 e. The SMILES string of the molecule is NC(=O)c1cc(-c2cn(N)cn2)ccc1OC1[C@@H]2CC[C@H]1CN(Cc1ccccc1)C2. The fraction of sp³-hybridized carbons (Fsp3) is 0.333. The zero-order chi connectivity index (χ0) is 21.4. The lowest BCUT2D eigenvalue weighted by Gasteiger charge is -2.38. The van der Waals surface area contributed by atoms with Crippen molar-refractivity contribution in [2.45, 2.75) is 25.5 Å². The molecule has 1 aliphatic heterocycles. The molecular weight excluding hydrogens is 390 g/mol. The van der Waals surface area contributed by atoms with E-state index in [-0.39, 0.29) is 6.10 Å². The Morgan fingerprint density at radius 1 is 1.10 bits per heavy atom. The summed E-state index contributed by atoms with van der Waals surface area (Å²) in [7, 11) is 0. The number of hydrogen-bond acceptors (Lipinski definition) is 5. The number of carbonyl (C=O) groups is 1. The van der Waals surface area contributed by atoms with Gasteiger partial charge in [0.2, 0.25) is 0 Å². The lowest BCUT2D eigenvalue weighted by Crippen LogP contribution is -2.46. The van der Waals surface area contributed by atoms with Crippen LogP contribution in [0.4, 0.5) is 0 Å². The molecule has 3 atom stereocenters. The predicted octanol–water partition coefficient (Wildman–Crippen LogP) is 2.65. The van der Waals surface area contributed by atoms with E-state index in [1.165, 1.54) is 16.6 Å². The zero-order valence-electron chi connectivity index (χ0n) is 17.4. The van der Waals surface area contributed by atoms with E-state index >= 15 is 0 Å². The molecule has 0 spiro atoms. The van der Waals surface area contributed by atoms with Crippen molar-refractivity contribution in [1.82, 2.24) is 14.6 Å². The van der Waals surface area contributed by atoms with Gasteiger partial charge in [0, 0.05) is 37.0 Å². The van der Waals surface area contributed by atoms with Gasteiger partial charge in [-0.3, -0.25) is 14.4 Å². The Balaban J connectivity index is 1.32. The van der Waals surface area contributed by atoms with Crippen LogP contribution in [0.25, 0.3) is 11.3 Å². The molecule has 2 fully saturated rings. The van der Waals surface area contributed by atoms with E-state index in [2.05, 4.69) is 40.2 Å². The van der Waals surface area contributed by atoms with Crippen LogP contribution in [-0.4, -0.2) is 39.7 Å². The van der Waals surface area contributed by atoms with Gasteiger partial charge in [0.15, 0.2) is 0 Å². The van der Waals surface area contributed by atoms with E-state index in [9.17, 15) is 4.79 Å². The number of benzene rings is 2. The maximum atomic E-state index is 12.2. The van der Waals surface area contributed by atoms with Gasteiger partial charge in [0.05, 0.1) is 17.5 Å². The van der Waals surface area contributed by atoms with Crippen molar-refractivity contribution >= 4 is 5.91 Å². The molecule has 2 aromatic carbocycles. The number of hydrogen-bond donors (Lipinski definition) is 2. The van der Waals surface area contributed by atoms with Gasteiger partial charge in [-0.15, -0.1) is 0 Å². The van der Waals surface area contributed by atoms with Crippen molar-refractivity contribution in [3.05, 3.63) is 72.2 Å². The van der Waals surface area contributed by atoms with Gasteiger partial charge in [-0.25, -0.2) is 4.98 Å². The number of fused-ring (bicyclic) bond motifs is 2. The van der Waals surface area contributed by atoms with Crippen molar-refractivity contribution < 1.29 is 9.53 Å². The Kier molecular flexibility index (Phi) is 5.11. The van der Waals surface area contributed by atoms with E-state index < -0.39 is 5.91 Å². The monoisotopic (exact) mass is 417 g/mol. The number of primary amides is 1. The van der Waals surface area contributed by atoms with Crippen molar-refractivity contribution in [2.24, 2.45) is 17.6 Å². The van der Waals surface area contributed by atoms with Crippen LogP contribution < -0.4 is 16.3 Å². The van der Waals surface area contributed by atoms with Crippen molar-refractivity contribution in [1.29, 1.82) is 0 Å². The first kappa shape index (κ1) is 19.6. The zero-order valence-corrected chi connectivity index (χ0v) is 17.4. The molecule has 31 heavy (non-hydrogen) atoms. The molecule has 3 aromatic rings. The Bertz CT molecular complexity index is 1070. The number of nitrogens with zero attached hydrogens (tertiary/aromatic N) is 3. The van der Waals surface area contributed by atoms with Crippen LogP contribution in [0.3, 0.4) is 0 Å². The summed E-state index contributed by atoms with van der Waals surface area (Å²) in [5.74, 6) is 6.66. The largest absolute Gasteiger partial charge is 0.489 e. The number of likely N-dealkylation sites (tertiary alicyclic amines) is 1. The molecule has 2 heterocycles. The van der Waals surface area contributed by atoms with Gasteiger partial charge in [-0.2, -0.15) is 0 Å². The maximum absolute atomic E-state index is 12.2. The Morgan fingerprint density at radius 3 is 2.48 bits per heavy atom. The highest BCUT2D eigenvalue weighted by Crippen LogP contribution is 2.40. The predicted molar refractivity (Wildman–Crippen MR) is 119 cm³/mol. The molecule has 1 aliphatic carbocycles. The highest BCUT2D eigenvalue weighted by Gasteiger charge is 2.43. The highest BCUT2D eigenvalue weighted by molar-refractivity contribution is 5.97. The van der Waals surface area contributed by atoms with Crippen LogP contribution in [0.1, 0.15) is 28.8 Å². The molecule has 1 aromatic heterocycles. The number of nitrogen functional groups attached to an aromatic ring is 1. The minimum atomic E-state index is -0.502. The van der Waals surface area contributed by atoms with E-state index in [0.29, 0.717) is 28.8 Å². The van der Waals surface area contributed by atoms with E-state index in [1.54, 1.807) is 12.3 Å². The molecule has 160 valence electrons. The number of imidazole rings is 1. The standard InChI is InChI=1S/C24H27N5O2/c25-24(30)20-10-17(21-14-29(26)15-27-21)8-9-22(20)31-23-18-6-7-19(23)13-28(12-18)11-16-4-2-1-3-5-16/h1-5,8-10,14-15,18-19,23H,6-7,11-13,26H2,(H2,25,30)/t18-,19+,23?. The topological polar surface area (TPSA) is 99.4 Å². The number of nitrogens with two attached hydrogens (primary N) is 2. The number of ether oxygens (including phenoxy) is 1. The maximum Gasteiger partial charge on any atom is 0.252 e. The summed E-state index contributed by atoms with van der Waals surface area (Å²) in [4.78, 5) is 18.9. The Morgan fingerprint density at radius 2 is 1.84 bits per heavy atom. The second-order valence-electron chi connectivity index (χ2n) is 8.64. The first-order valence-electron chi connectivity index (χ1n) is 10.7. The van der Waals surface area contributed by atoms with Gasteiger partial charge in [-0.05, 0) is 36.6 Å². The normalized spacial score (nSPS) is 23.0. The molecule has 1 saturated heterocycles. The molecule has 2 bridgehead atoms. The molecule has 7 nitrogen and oxygen atoms in total. The molecular formula is C24H27N5O2. The van der Waals surface area contributed by atoms with Crippen LogP contribution in [0, 0.1) is 11.8 Å². The molecule has 1 saturated carbocycles. The van der Waals surface area contributed by atoms with Gasteiger partial charge < -0.3 is 16.3 Å². The lowest BCUT2D eigenvalue weighted by atomic mass is 9.94. The fourth-order valence-electron chi connectivity index (χ4n) is 5.05. The van der Waals surface area contributed by atoms with Crippen LogP contribution in [0.15, 0.2) is 61.1 Å².